The minimum absolute atomic E-state index is 0.431. The van der Waals surface area contributed by atoms with Gasteiger partial charge in [0.1, 0.15) is 0 Å². The highest BCUT2D eigenvalue weighted by Gasteiger charge is 2.03. The minimum atomic E-state index is 0.431. The molecule has 0 aliphatic rings. The van der Waals surface area contributed by atoms with Crippen LogP contribution >= 0.6 is 11.6 Å². The number of hydrogen-bond acceptors (Lipinski definition) is 3. The first kappa shape index (κ1) is 13.0. The molecule has 4 heteroatoms. The van der Waals surface area contributed by atoms with Gasteiger partial charge in [0, 0.05) is 13.1 Å². The van der Waals surface area contributed by atoms with Gasteiger partial charge in [-0.3, -0.25) is 4.90 Å². The molecular weight excluding hydrogens is 246 g/mol. The van der Waals surface area contributed by atoms with Crippen LogP contribution in [0.15, 0.2) is 36.4 Å². The fraction of sp³-hybridized carbons (Fsp3) is 0.286. The number of benzene rings is 1. The Labute approximate surface area is 112 Å². The van der Waals surface area contributed by atoms with Crippen LogP contribution in [0.25, 0.3) is 0 Å². The van der Waals surface area contributed by atoms with Crippen LogP contribution in [0, 0.1) is 6.92 Å². The van der Waals surface area contributed by atoms with E-state index in [1.165, 1.54) is 11.1 Å². The summed E-state index contributed by atoms with van der Waals surface area (Å²) < 4.78 is 0. The van der Waals surface area contributed by atoms with Crippen LogP contribution in [0.4, 0.5) is 0 Å². The van der Waals surface area contributed by atoms with E-state index < -0.39 is 0 Å². The van der Waals surface area contributed by atoms with Crippen LogP contribution in [-0.4, -0.2) is 22.1 Å². The zero-order chi connectivity index (χ0) is 13.0. The molecule has 2 aromatic rings. The van der Waals surface area contributed by atoms with Crippen LogP contribution in [0.5, 0.6) is 0 Å². The lowest BCUT2D eigenvalue weighted by Crippen LogP contribution is -2.18. The third-order valence-electron chi connectivity index (χ3n) is 2.65. The largest absolute Gasteiger partial charge is 0.296 e. The van der Waals surface area contributed by atoms with Gasteiger partial charge in [-0.2, -0.15) is 5.10 Å². The monoisotopic (exact) mass is 261 g/mol. The van der Waals surface area contributed by atoms with Crippen LogP contribution in [0.1, 0.15) is 16.8 Å². The second kappa shape index (κ2) is 5.94. The highest BCUT2D eigenvalue weighted by Crippen LogP contribution is 2.09. The molecule has 0 aliphatic carbocycles. The van der Waals surface area contributed by atoms with Crippen LogP contribution < -0.4 is 0 Å². The number of hydrogen-bond donors (Lipinski definition) is 0. The molecule has 0 unspecified atom stereocenters. The number of rotatable bonds is 4. The summed E-state index contributed by atoms with van der Waals surface area (Å²) in [5.41, 5.74) is 3.51. The predicted octanol–water partition coefficient (Wildman–Crippen LogP) is 3.07. The van der Waals surface area contributed by atoms with Crippen molar-refractivity contribution in [1.82, 2.24) is 15.1 Å². The van der Waals surface area contributed by atoms with Gasteiger partial charge in [0.2, 0.25) is 0 Å². The third kappa shape index (κ3) is 3.79. The molecule has 94 valence electrons. The van der Waals surface area contributed by atoms with Crippen molar-refractivity contribution in [3.63, 3.8) is 0 Å². The highest BCUT2D eigenvalue weighted by molar-refractivity contribution is 6.29. The van der Waals surface area contributed by atoms with E-state index in [-0.39, 0.29) is 0 Å². The van der Waals surface area contributed by atoms with Gasteiger partial charge in [0.25, 0.3) is 0 Å². The first-order chi connectivity index (χ1) is 8.63. The molecule has 0 N–H and O–H groups in total. The lowest BCUT2D eigenvalue weighted by Gasteiger charge is -2.16. The molecule has 0 spiro atoms. The molecule has 1 aromatic heterocycles. The Kier molecular flexibility index (Phi) is 4.28. The second-order valence-corrected chi connectivity index (χ2v) is 4.90. The molecule has 0 amide bonds. The Morgan fingerprint density at radius 3 is 2.61 bits per heavy atom. The Morgan fingerprint density at radius 1 is 1.11 bits per heavy atom. The van der Waals surface area contributed by atoms with Gasteiger partial charge < -0.3 is 0 Å². The topological polar surface area (TPSA) is 29.0 Å². The molecule has 0 saturated carbocycles. The summed E-state index contributed by atoms with van der Waals surface area (Å²) in [6.45, 7) is 3.76. The van der Waals surface area contributed by atoms with Gasteiger partial charge in [-0.05, 0) is 31.7 Å². The van der Waals surface area contributed by atoms with Gasteiger partial charge in [-0.15, -0.1) is 5.10 Å². The van der Waals surface area contributed by atoms with Crippen LogP contribution in [0.3, 0.4) is 0 Å². The third-order valence-corrected chi connectivity index (χ3v) is 2.86. The standard InChI is InChI=1S/C14H16ClN3/c1-11-4-3-5-12(8-11)9-18(2)10-13-6-7-14(15)17-16-13/h3-8H,9-10H2,1-2H3. The number of nitrogens with zero attached hydrogens (tertiary/aromatic N) is 3. The van der Waals surface area contributed by atoms with E-state index in [1.807, 2.05) is 6.07 Å². The second-order valence-electron chi connectivity index (χ2n) is 4.51. The summed E-state index contributed by atoms with van der Waals surface area (Å²) in [6.07, 6.45) is 0. The molecule has 0 fully saturated rings. The fourth-order valence-electron chi connectivity index (χ4n) is 1.88. The van der Waals surface area contributed by atoms with Crippen molar-refractivity contribution in [3.05, 3.63) is 58.4 Å². The van der Waals surface area contributed by atoms with E-state index in [4.69, 9.17) is 11.6 Å². The smallest absolute Gasteiger partial charge is 0.151 e. The van der Waals surface area contributed by atoms with Crippen molar-refractivity contribution in [2.24, 2.45) is 0 Å². The van der Waals surface area contributed by atoms with E-state index in [0.717, 1.165) is 18.8 Å². The van der Waals surface area contributed by atoms with Crippen molar-refractivity contribution >= 4 is 11.6 Å². The van der Waals surface area contributed by atoms with Gasteiger partial charge >= 0.3 is 0 Å². The lowest BCUT2D eigenvalue weighted by atomic mass is 10.1. The maximum absolute atomic E-state index is 5.71. The van der Waals surface area contributed by atoms with Crippen molar-refractivity contribution in [2.45, 2.75) is 20.0 Å². The summed E-state index contributed by atoms with van der Waals surface area (Å²) in [6, 6.07) is 12.2. The van der Waals surface area contributed by atoms with Gasteiger partial charge in [0.15, 0.2) is 5.15 Å². The molecule has 0 aliphatic heterocycles. The Morgan fingerprint density at radius 2 is 1.94 bits per heavy atom. The maximum atomic E-state index is 5.71. The Hall–Kier alpha value is -1.45. The van der Waals surface area contributed by atoms with E-state index in [0.29, 0.717) is 5.15 Å². The van der Waals surface area contributed by atoms with Gasteiger partial charge in [-0.25, -0.2) is 0 Å². The summed E-state index contributed by atoms with van der Waals surface area (Å²) in [5.74, 6) is 0. The van der Waals surface area contributed by atoms with Crippen LogP contribution in [-0.2, 0) is 13.1 Å². The van der Waals surface area contributed by atoms with E-state index in [1.54, 1.807) is 6.07 Å². The molecule has 0 radical (unpaired) electrons. The average Bonchev–Trinajstić information content (AvgIpc) is 2.32. The van der Waals surface area contributed by atoms with E-state index in [9.17, 15) is 0 Å². The zero-order valence-corrected chi connectivity index (χ0v) is 11.4. The van der Waals surface area contributed by atoms with Crippen molar-refractivity contribution in [2.75, 3.05) is 7.05 Å². The summed E-state index contributed by atoms with van der Waals surface area (Å²) in [7, 11) is 2.07. The van der Waals surface area contributed by atoms with Gasteiger partial charge in [0.05, 0.1) is 5.69 Å². The van der Waals surface area contributed by atoms with Crippen molar-refractivity contribution in [3.8, 4) is 0 Å². The molecule has 2 rings (SSSR count). The molecule has 0 atom stereocenters. The maximum Gasteiger partial charge on any atom is 0.151 e. The molecule has 1 heterocycles. The number of aryl methyl sites for hydroxylation is 1. The molecule has 0 bridgehead atoms. The Balaban J connectivity index is 1.96. The number of halogens is 1. The van der Waals surface area contributed by atoms with Gasteiger partial charge in [-0.1, -0.05) is 41.4 Å². The van der Waals surface area contributed by atoms with Crippen molar-refractivity contribution < 1.29 is 0 Å². The predicted molar refractivity (Wildman–Crippen MR) is 73.4 cm³/mol. The number of aromatic nitrogens is 2. The minimum Gasteiger partial charge on any atom is -0.296 e. The first-order valence-corrected chi connectivity index (χ1v) is 6.23. The molecule has 1 aromatic carbocycles. The molecule has 18 heavy (non-hydrogen) atoms. The van der Waals surface area contributed by atoms with Crippen molar-refractivity contribution in [1.29, 1.82) is 0 Å². The highest BCUT2D eigenvalue weighted by atomic mass is 35.5. The Bertz CT molecular complexity index is 511. The zero-order valence-electron chi connectivity index (χ0n) is 10.6. The fourth-order valence-corrected chi connectivity index (χ4v) is 1.98. The average molecular weight is 262 g/mol. The van der Waals surface area contributed by atoms with E-state index >= 15 is 0 Å². The summed E-state index contributed by atoms with van der Waals surface area (Å²) >= 11 is 5.71. The van der Waals surface area contributed by atoms with E-state index in [2.05, 4.69) is 53.3 Å². The molecular formula is C14H16ClN3. The van der Waals surface area contributed by atoms with Crippen LogP contribution in [0.2, 0.25) is 5.15 Å². The SMILES string of the molecule is Cc1cccc(CN(C)Cc2ccc(Cl)nn2)c1. The molecule has 3 nitrogen and oxygen atoms in total. The summed E-state index contributed by atoms with van der Waals surface area (Å²) in [5, 5.41) is 8.33. The lowest BCUT2D eigenvalue weighted by molar-refractivity contribution is 0.314. The normalized spacial score (nSPS) is 10.9. The quantitative estimate of drug-likeness (QED) is 0.847. The molecule has 0 saturated heterocycles. The first-order valence-electron chi connectivity index (χ1n) is 5.86. The summed E-state index contributed by atoms with van der Waals surface area (Å²) in [4.78, 5) is 2.20.